The molecule has 0 amide bonds. The number of thioether (sulfide) groups is 1. The van der Waals surface area contributed by atoms with E-state index in [1.807, 2.05) is 30.8 Å². The lowest BCUT2D eigenvalue weighted by Gasteiger charge is -2.33. The van der Waals surface area contributed by atoms with Crippen molar-refractivity contribution in [3.63, 3.8) is 0 Å². The molecule has 2 heterocycles. The Bertz CT molecular complexity index is 391. The van der Waals surface area contributed by atoms with Crippen LogP contribution in [0.1, 0.15) is 17.9 Å². The highest BCUT2D eigenvalue weighted by molar-refractivity contribution is 7.99. The van der Waals surface area contributed by atoms with E-state index < -0.39 is 5.97 Å². The van der Waals surface area contributed by atoms with Gasteiger partial charge < -0.3 is 9.52 Å². The van der Waals surface area contributed by atoms with E-state index in [0.29, 0.717) is 6.54 Å². The zero-order valence-electron chi connectivity index (χ0n) is 9.89. The third kappa shape index (κ3) is 3.51. The minimum absolute atomic E-state index is 0.122. The lowest BCUT2D eigenvalue weighted by Crippen LogP contribution is -2.42. The van der Waals surface area contributed by atoms with E-state index in [1.54, 1.807) is 0 Å². The molecule has 94 valence electrons. The zero-order valence-corrected chi connectivity index (χ0v) is 10.7. The molecule has 1 atom stereocenters. The van der Waals surface area contributed by atoms with Crippen LogP contribution in [0.2, 0.25) is 0 Å². The molecule has 0 radical (unpaired) electrons. The molecule has 4 nitrogen and oxygen atoms in total. The largest absolute Gasteiger partial charge is 0.481 e. The number of carboxylic acid groups (broad SMARTS) is 1. The van der Waals surface area contributed by atoms with Crippen molar-refractivity contribution >= 4 is 17.7 Å². The average Bonchev–Trinajstić information content (AvgIpc) is 2.66. The lowest BCUT2D eigenvalue weighted by molar-refractivity contribution is -0.138. The van der Waals surface area contributed by atoms with E-state index in [-0.39, 0.29) is 12.5 Å². The molecule has 1 aromatic heterocycles. The van der Waals surface area contributed by atoms with Gasteiger partial charge >= 0.3 is 5.97 Å². The molecule has 1 aliphatic rings. The van der Waals surface area contributed by atoms with Gasteiger partial charge in [-0.1, -0.05) is 0 Å². The van der Waals surface area contributed by atoms with Crippen LogP contribution >= 0.6 is 11.8 Å². The molecule has 2 rings (SSSR count). The quantitative estimate of drug-likeness (QED) is 0.891. The van der Waals surface area contributed by atoms with E-state index in [4.69, 9.17) is 9.52 Å². The number of rotatable bonds is 4. The first kappa shape index (κ1) is 12.5. The summed E-state index contributed by atoms with van der Waals surface area (Å²) in [5.74, 6) is 3.06. The molecular weight excluding hydrogens is 238 g/mol. The first-order valence-electron chi connectivity index (χ1n) is 5.74. The average molecular weight is 255 g/mol. The van der Waals surface area contributed by atoms with Gasteiger partial charge in [-0.2, -0.15) is 11.8 Å². The Labute approximate surface area is 105 Å². The number of carboxylic acids is 1. The maximum atomic E-state index is 10.8. The predicted octanol–water partition coefficient (Wildman–Crippen LogP) is 1.98. The predicted molar refractivity (Wildman–Crippen MR) is 67.2 cm³/mol. The number of aryl methyl sites for hydroxylation is 1. The van der Waals surface area contributed by atoms with E-state index in [9.17, 15) is 4.79 Å². The topological polar surface area (TPSA) is 53.7 Å². The SMILES string of the molecule is Cc1ccc(CN2CCSCC2CC(=O)O)o1. The summed E-state index contributed by atoms with van der Waals surface area (Å²) in [6, 6.07) is 4.03. The van der Waals surface area contributed by atoms with Gasteiger partial charge in [0.15, 0.2) is 0 Å². The molecule has 1 saturated heterocycles. The van der Waals surface area contributed by atoms with E-state index in [1.165, 1.54) is 0 Å². The smallest absolute Gasteiger partial charge is 0.304 e. The summed E-state index contributed by atoms with van der Waals surface area (Å²) in [7, 11) is 0. The van der Waals surface area contributed by atoms with Crippen LogP contribution in [0.15, 0.2) is 16.5 Å². The van der Waals surface area contributed by atoms with Crippen LogP contribution in [-0.4, -0.2) is 40.1 Å². The van der Waals surface area contributed by atoms with Crippen LogP contribution in [-0.2, 0) is 11.3 Å². The van der Waals surface area contributed by atoms with Crippen molar-refractivity contribution in [1.29, 1.82) is 0 Å². The molecule has 0 saturated carbocycles. The third-order valence-corrected chi connectivity index (χ3v) is 4.01. The van der Waals surface area contributed by atoms with Gasteiger partial charge in [0.25, 0.3) is 0 Å². The summed E-state index contributed by atoms with van der Waals surface area (Å²) in [4.78, 5) is 13.0. The number of nitrogens with zero attached hydrogens (tertiary/aromatic N) is 1. The fraction of sp³-hybridized carbons (Fsp3) is 0.583. The van der Waals surface area contributed by atoms with E-state index >= 15 is 0 Å². The van der Waals surface area contributed by atoms with Crippen LogP contribution in [0.5, 0.6) is 0 Å². The number of furan rings is 1. The van der Waals surface area contributed by atoms with Gasteiger partial charge in [-0.3, -0.25) is 9.69 Å². The molecule has 1 N–H and O–H groups in total. The van der Waals surface area contributed by atoms with Gasteiger partial charge in [-0.15, -0.1) is 0 Å². The molecule has 0 aliphatic carbocycles. The van der Waals surface area contributed by atoms with Crippen molar-refractivity contribution in [1.82, 2.24) is 4.90 Å². The fourth-order valence-corrected chi connectivity index (χ4v) is 3.19. The molecule has 1 aromatic rings. The Hall–Kier alpha value is -0.940. The first-order chi connectivity index (χ1) is 8.15. The molecule has 1 fully saturated rings. The molecule has 1 aliphatic heterocycles. The maximum Gasteiger partial charge on any atom is 0.304 e. The van der Waals surface area contributed by atoms with Gasteiger partial charge in [0, 0.05) is 24.1 Å². The summed E-state index contributed by atoms with van der Waals surface area (Å²) in [5.41, 5.74) is 0. The van der Waals surface area contributed by atoms with Crippen molar-refractivity contribution in [2.75, 3.05) is 18.1 Å². The summed E-state index contributed by atoms with van der Waals surface area (Å²) in [6.45, 7) is 3.57. The highest BCUT2D eigenvalue weighted by Crippen LogP contribution is 2.21. The highest BCUT2D eigenvalue weighted by Gasteiger charge is 2.25. The Morgan fingerprint density at radius 2 is 2.47 bits per heavy atom. The highest BCUT2D eigenvalue weighted by atomic mass is 32.2. The zero-order chi connectivity index (χ0) is 12.3. The second-order valence-corrected chi connectivity index (χ2v) is 5.46. The van der Waals surface area contributed by atoms with Gasteiger partial charge in [-0.05, 0) is 19.1 Å². The van der Waals surface area contributed by atoms with Crippen molar-refractivity contribution < 1.29 is 14.3 Å². The second-order valence-electron chi connectivity index (χ2n) is 4.31. The number of hydrogen-bond acceptors (Lipinski definition) is 4. The molecule has 5 heteroatoms. The van der Waals surface area contributed by atoms with Crippen molar-refractivity contribution in [3.05, 3.63) is 23.7 Å². The molecule has 0 spiro atoms. The normalized spacial score (nSPS) is 21.6. The van der Waals surface area contributed by atoms with Gasteiger partial charge in [-0.25, -0.2) is 0 Å². The van der Waals surface area contributed by atoms with Gasteiger partial charge in [0.2, 0.25) is 0 Å². The van der Waals surface area contributed by atoms with E-state index in [2.05, 4.69) is 4.90 Å². The van der Waals surface area contributed by atoms with Crippen LogP contribution in [0, 0.1) is 6.92 Å². The monoisotopic (exact) mass is 255 g/mol. The number of carbonyl (C=O) groups is 1. The van der Waals surface area contributed by atoms with Gasteiger partial charge in [0.1, 0.15) is 11.5 Å². The van der Waals surface area contributed by atoms with Crippen LogP contribution in [0.3, 0.4) is 0 Å². The Kier molecular flexibility index (Phi) is 4.12. The van der Waals surface area contributed by atoms with Crippen LogP contribution < -0.4 is 0 Å². The number of aliphatic carboxylic acids is 1. The Balaban J connectivity index is 1.98. The lowest BCUT2D eigenvalue weighted by atomic mass is 10.2. The fourth-order valence-electron chi connectivity index (χ4n) is 2.06. The summed E-state index contributed by atoms with van der Waals surface area (Å²) < 4.78 is 5.54. The Morgan fingerprint density at radius 1 is 1.65 bits per heavy atom. The number of hydrogen-bond donors (Lipinski definition) is 1. The van der Waals surface area contributed by atoms with Crippen molar-refractivity contribution in [2.45, 2.75) is 25.9 Å². The summed E-state index contributed by atoms with van der Waals surface area (Å²) in [5, 5.41) is 8.89. The molecule has 1 unspecified atom stereocenters. The minimum atomic E-state index is -0.724. The first-order valence-corrected chi connectivity index (χ1v) is 6.89. The van der Waals surface area contributed by atoms with Gasteiger partial charge in [0.05, 0.1) is 13.0 Å². The van der Waals surface area contributed by atoms with Crippen molar-refractivity contribution in [2.24, 2.45) is 0 Å². The van der Waals surface area contributed by atoms with Crippen molar-refractivity contribution in [3.8, 4) is 0 Å². The standard InChI is InChI=1S/C12H17NO3S/c1-9-2-3-11(16-9)7-13-4-5-17-8-10(13)6-12(14)15/h2-3,10H,4-8H2,1H3,(H,14,15). The molecule has 0 aromatic carbocycles. The third-order valence-electron chi connectivity index (χ3n) is 2.91. The Morgan fingerprint density at radius 3 is 3.12 bits per heavy atom. The molecule has 0 bridgehead atoms. The van der Waals surface area contributed by atoms with Crippen LogP contribution in [0.4, 0.5) is 0 Å². The van der Waals surface area contributed by atoms with E-state index in [0.717, 1.165) is 29.6 Å². The summed E-state index contributed by atoms with van der Waals surface area (Å²) in [6.07, 6.45) is 0.215. The molecule has 17 heavy (non-hydrogen) atoms. The maximum absolute atomic E-state index is 10.8. The minimum Gasteiger partial charge on any atom is -0.481 e. The second kappa shape index (κ2) is 5.60. The summed E-state index contributed by atoms with van der Waals surface area (Å²) >= 11 is 1.83. The van der Waals surface area contributed by atoms with Crippen LogP contribution in [0.25, 0.3) is 0 Å². The molecular formula is C12H17NO3S.